The van der Waals surface area contributed by atoms with Crippen LogP contribution >= 0.6 is 0 Å². The van der Waals surface area contributed by atoms with E-state index in [2.05, 4.69) is 4.74 Å². The summed E-state index contributed by atoms with van der Waals surface area (Å²) in [7, 11) is 3.02. The van der Waals surface area contributed by atoms with E-state index in [9.17, 15) is 9.59 Å². The van der Waals surface area contributed by atoms with Gasteiger partial charge in [0.05, 0.1) is 25.6 Å². The van der Waals surface area contributed by atoms with Crippen LogP contribution < -0.4 is 0 Å². The van der Waals surface area contributed by atoms with Crippen LogP contribution in [0.1, 0.15) is 39.0 Å². The van der Waals surface area contributed by atoms with Crippen molar-refractivity contribution in [2.75, 3.05) is 27.3 Å². The monoisotopic (exact) mass is 257 g/mol. The molecule has 1 saturated carbocycles. The molecule has 0 aliphatic heterocycles. The van der Waals surface area contributed by atoms with Crippen molar-refractivity contribution in [3.8, 4) is 0 Å². The van der Waals surface area contributed by atoms with Gasteiger partial charge in [0, 0.05) is 20.2 Å². The summed E-state index contributed by atoms with van der Waals surface area (Å²) in [4.78, 5) is 24.9. The molecule has 0 aromatic rings. The molecule has 0 heterocycles. The highest BCUT2D eigenvalue weighted by Gasteiger charge is 2.39. The Morgan fingerprint density at radius 3 is 2.33 bits per heavy atom. The van der Waals surface area contributed by atoms with Gasteiger partial charge in [0.15, 0.2) is 0 Å². The molecule has 104 valence electrons. The summed E-state index contributed by atoms with van der Waals surface area (Å²) in [5.41, 5.74) is -0.254. The Morgan fingerprint density at radius 2 is 1.94 bits per heavy atom. The summed E-state index contributed by atoms with van der Waals surface area (Å²) < 4.78 is 10.0. The number of esters is 1. The Hall–Kier alpha value is -1.10. The van der Waals surface area contributed by atoms with E-state index >= 15 is 0 Å². The zero-order chi connectivity index (χ0) is 13.6. The first-order valence-electron chi connectivity index (χ1n) is 6.46. The second kappa shape index (κ2) is 6.73. The maximum Gasteiger partial charge on any atom is 0.307 e. The quantitative estimate of drug-likeness (QED) is 0.646. The molecule has 0 aromatic carbocycles. The SMILES string of the molecule is CCN(CCC(=O)OC)C(=O)CC1(OC)CCC1. The molecule has 0 bridgehead atoms. The van der Waals surface area contributed by atoms with Crippen LogP contribution in [0.3, 0.4) is 0 Å². The van der Waals surface area contributed by atoms with Crippen LogP contribution in [0.5, 0.6) is 0 Å². The molecule has 0 spiro atoms. The summed E-state index contributed by atoms with van der Waals surface area (Å²) in [6, 6.07) is 0. The minimum Gasteiger partial charge on any atom is -0.469 e. The number of rotatable bonds is 7. The van der Waals surface area contributed by atoms with Crippen LogP contribution in [0.25, 0.3) is 0 Å². The fraction of sp³-hybridized carbons (Fsp3) is 0.846. The van der Waals surface area contributed by atoms with E-state index < -0.39 is 0 Å². The normalized spacial score (nSPS) is 16.8. The molecule has 18 heavy (non-hydrogen) atoms. The van der Waals surface area contributed by atoms with Crippen molar-refractivity contribution in [3.63, 3.8) is 0 Å². The van der Waals surface area contributed by atoms with E-state index in [0.29, 0.717) is 19.5 Å². The van der Waals surface area contributed by atoms with Gasteiger partial charge in [-0.25, -0.2) is 0 Å². The van der Waals surface area contributed by atoms with Gasteiger partial charge < -0.3 is 14.4 Å². The maximum atomic E-state index is 12.1. The minimum atomic E-state index is -0.286. The van der Waals surface area contributed by atoms with Gasteiger partial charge in [-0.05, 0) is 26.2 Å². The lowest BCUT2D eigenvalue weighted by molar-refractivity contribution is -0.145. The van der Waals surface area contributed by atoms with Gasteiger partial charge in [0.2, 0.25) is 5.91 Å². The molecule has 1 rings (SSSR count). The number of hydrogen-bond acceptors (Lipinski definition) is 4. The highest BCUT2D eigenvalue weighted by molar-refractivity contribution is 5.78. The van der Waals surface area contributed by atoms with E-state index in [1.165, 1.54) is 7.11 Å². The Balaban J connectivity index is 2.44. The summed E-state index contributed by atoms with van der Waals surface area (Å²) in [6.07, 6.45) is 3.68. The summed E-state index contributed by atoms with van der Waals surface area (Å²) in [6.45, 7) is 2.94. The topological polar surface area (TPSA) is 55.8 Å². The molecule has 5 nitrogen and oxygen atoms in total. The number of ether oxygens (including phenoxy) is 2. The Morgan fingerprint density at radius 1 is 1.28 bits per heavy atom. The van der Waals surface area contributed by atoms with Gasteiger partial charge in [-0.3, -0.25) is 9.59 Å². The number of amides is 1. The molecule has 0 aromatic heterocycles. The highest BCUT2D eigenvalue weighted by Crippen LogP contribution is 2.38. The standard InChI is InChI=1S/C13H23NO4/c1-4-14(9-6-12(16)17-2)11(15)10-13(18-3)7-5-8-13/h4-10H2,1-3H3. The summed E-state index contributed by atoms with van der Waals surface area (Å²) in [5.74, 6) is -0.227. The van der Waals surface area contributed by atoms with Gasteiger partial charge >= 0.3 is 5.97 Å². The van der Waals surface area contributed by atoms with Crippen molar-refractivity contribution in [2.24, 2.45) is 0 Å². The largest absolute Gasteiger partial charge is 0.469 e. The van der Waals surface area contributed by atoms with Gasteiger partial charge in [-0.2, -0.15) is 0 Å². The Bertz CT molecular complexity index is 294. The molecule has 0 atom stereocenters. The van der Waals surface area contributed by atoms with E-state index in [1.54, 1.807) is 12.0 Å². The minimum absolute atomic E-state index is 0.0583. The average Bonchev–Trinajstić information content (AvgIpc) is 2.34. The van der Waals surface area contributed by atoms with E-state index in [1.807, 2.05) is 6.92 Å². The van der Waals surface area contributed by atoms with Crippen molar-refractivity contribution < 1.29 is 19.1 Å². The zero-order valence-corrected chi connectivity index (χ0v) is 11.5. The zero-order valence-electron chi connectivity index (χ0n) is 11.5. The van der Waals surface area contributed by atoms with Crippen molar-refractivity contribution >= 4 is 11.9 Å². The predicted molar refractivity (Wildman–Crippen MR) is 67.1 cm³/mol. The van der Waals surface area contributed by atoms with E-state index in [4.69, 9.17) is 4.74 Å². The second-order valence-electron chi connectivity index (χ2n) is 4.72. The Kier molecular flexibility index (Phi) is 5.59. The van der Waals surface area contributed by atoms with Crippen molar-refractivity contribution in [3.05, 3.63) is 0 Å². The molecular weight excluding hydrogens is 234 g/mol. The molecule has 0 unspecified atom stereocenters. The van der Waals surface area contributed by atoms with Crippen molar-refractivity contribution in [2.45, 2.75) is 44.6 Å². The van der Waals surface area contributed by atoms with Crippen LogP contribution in [0, 0.1) is 0 Å². The lowest BCUT2D eigenvalue weighted by Gasteiger charge is -2.41. The fourth-order valence-corrected chi connectivity index (χ4v) is 2.20. The molecule has 5 heteroatoms. The van der Waals surface area contributed by atoms with Crippen LogP contribution in [0.15, 0.2) is 0 Å². The number of carbonyl (C=O) groups is 2. The maximum absolute atomic E-state index is 12.1. The molecule has 0 radical (unpaired) electrons. The van der Waals surface area contributed by atoms with Gasteiger partial charge in [-0.1, -0.05) is 0 Å². The predicted octanol–water partition coefficient (Wildman–Crippen LogP) is 1.36. The van der Waals surface area contributed by atoms with Crippen LogP contribution in [0.2, 0.25) is 0 Å². The number of methoxy groups -OCH3 is 2. The molecular formula is C13H23NO4. The number of hydrogen-bond donors (Lipinski definition) is 0. The smallest absolute Gasteiger partial charge is 0.307 e. The highest BCUT2D eigenvalue weighted by atomic mass is 16.5. The third kappa shape index (κ3) is 3.70. The summed E-state index contributed by atoms with van der Waals surface area (Å²) >= 11 is 0. The summed E-state index contributed by atoms with van der Waals surface area (Å²) in [5, 5.41) is 0. The average molecular weight is 257 g/mol. The van der Waals surface area contributed by atoms with Gasteiger partial charge in [-0.15, -0.1) is 0 Å². The van der Waals surface area contributed by atoms with Crippen LogP contribution in [0.4, 0.5) is 0 Å². The first kappa shape index (κ1) is 15.0. The first-order chi connectivity index (χ1) is 8.56. The van der Waals surface area contributed by atoms with Crippen molar-refractivity contribution in [1.82, 2.24) is 4.90 Å². The molecule has 0 saturated heterocycles. The fourth-order valence-electron chi connectivity index (χ4n) is 2.20. The van der Waals surface area contributed by atoms with Crippen molar-refractivity contribution in [1.29, 1.82) is 0 Å². The third-order valence-corrected chi connectivity index (χ3v) is 3.72. The second-order valence-corrected chi connectivity index (χ2v) is 4.72. The number of carbonyl (C=O) groups excluding carboxylic acids is 2. The van der Waals surface area contributed by atoms with E-state index in [-0.39, 0.29) is 23.9 Å². The molecule has 1 aliphatic rings. The lowest BCUT2D eigenvalue weighted by Crippen LogP contribution is -2.45. The lowest BCUT2D eigenvalue weighted by atomic mass is 9.77. The van der Waals surface area contributed by atoms with E-state index in [0.717, 1.165) is 19.3 Å². The van der Waals surface area contributed by atoms with Gasteiger partial charge in [0.1, 0.15) is 0 Å². The van der Waals surface area contributed by atoms with Crippen LogP contribution in [-0.4, -0.2) is 49.7 Å². The molecule has 1 aliphatic carbocycles. The Labute approximate surface area is 108 Å². The molecule has 0 N–H and O–H groups in total. The third-order valence-electron chi connectivity index (χ3n) is 3.72. The first-order valence-corrected chi connectivity index (χ1v) is 6.46. The van der Waals surface area contributed by atoms with Crippen LogP contribution in [-0.2, 0) is 19.1 Å². The molecule has 1 amide bonds. The molecule has 1 fully saturated rings. The number of nitrogens with zero attached hydrogens (tertiary/aromatic N) is 1. The van der Waals surface area contributed by atoms with Gasteiger partial charge in [0.25, 0.3) is 0 Å².